The number of ether oxygens (including phenoxy) is 1. The van der Waals surface area contributed by atoms with Crippen molar-refractivity contribution in [2.24, 2.45) is 10.9 Å². The van der Waals surface area contributed by atoms with Crippen LogP contribution in [-0.2, 0) is 4.79 Å². The van der Waals surface area contributed by atoms with Crippen molar-refractivity contribution < 1.29 is 14.6 Å². The number of methoxy groups -OCH3 is 1. The SMILES string of the molecule is COc1ccnc(N2CCC(C3=NCC4=C3C(C)(O)CC(=O)C4)CC2)n1. The zero-order valence-corrected chi connectivity index (χ0v) is 15.2. The summed E-state index contributed by atoms with van der Waals surface area (Å²) in [6.45, 7) is 3.98. The van der Waals surface area contributed by atoms with Gasteiger partial charge < -0.3 is 14.7 Å². The van der Waals surface area contributed by atoms with Crippen LogP contribution in [0.25, 0.3) is 0 Å². The average Bonchev–Trinajstić information content (AvgIpc) is 3.06. The second-order valence-corrected chi connectivity index (χ2v) is 7.51. The maximum Gasteiger partial charge on any atom is 0.228 e. The fourth-order valence-electron chi connectivity index (χ4n) is 4.38. The van der Waals surface area contributed by atoms with Gasteiger partial charge in [-0.3, -0.25) is 9.79 Å². The minimum Gasteiger partial charge on any atom is -0.481 e. The van der Waals surface area contributed by atoms with Crippen LogP contribution in [0, 0.1) is 5.92 Å². The number of aromatic nitrogens is 2. The number of Topliss-reactive ketones (excluding diaryl/α,β-unsaturated/α-hetero) is 1. The number of carbonyl (C=O) groups excluding carboxylic acids is 1. The average molecular weight is 356 g/mol. The number of aliphatic hydroxyl groups is 1. The lowest BCUT2D eigenvalue weighted by Gasteiger charge is -2.36. The highest BCUT2D eigenvalue weighted by atomic mass is 16.5. The molecule has 1 aromatic rings. The Hall–Kier alpha value is -2.28. The van der Waals surface area contributed by atoms with Gasteiger partial charge in [0, 0.05) is 55.4 Å². The third kappa shape index (κ3) is 3.00. The van der Waals surface area contributed by atoms with Crippen LogP contribution in [0.2, 0.25) is 0 Å². The number of rotatable bonds is 3. The maximum absolute atomic E-state index is 11.9. The van der Waals surface area contributed by atoms with Crippen LogP contribution in [0.3, 0.4) is 0 Å². The molecule has 1 fully saturated rings. The van der Waals surface area contributed by atoms with E-state index in [0.29, 0.717) is 30.7 Å². The molecule has 0 spiro atoms. The summed E-state index contributed by atoms with van der Waals surface area (Å²) in [4.78, 5) is 27.5. The van der Waals surface area contributed by atoms with E-state index >= 15 is 0 Å². The molecule has 2 aliphatic heterocycles. The first-order valence-corrected chi connectivity index (χ1v) is 9.11. The Kier molecular flexibility index (Phi) is 4.26. The molecule has 26 heavy (non-hydrogen) atoms. The van der Waals surface area contributed by atoms with E-state index in [1.54, 1.807) is 26.3 Å². The third-order valence-electron chi connectivity index (χ3n) is 5.53. The normalized spacial score (nSPS) is 26.8. The summed E-state index contributed by atoms with van der Waals surface area (Å²) in [6, 6.07) is 1.74. The predicted molar refractivity (Wildman–Crippen MR) is 97.7 cm³/mol. The number of hydrogen-bond donors (Lipinski definition) is 1. The molecular weight excluding hydrogens is 332 g/mol. The second kappa shape index (κ2) is 6.46. The molecule has 1 N–H and O–H groups in total. The summed E-state index contributed by atoms with van der Waals surface area (Å²) in [5, 5.41) is 10.8. The number of ketones is 1. The number of piperidine rings is 1. The van der Waals surface area contributed by atoms with Crippen LogP contribution < -0.4 is 9.64 Å². The van der Waals surface area contributed by atoms with Crippen molar-refractivity contribution in [1.29, 1.82) is 0 Å². The molecule has 1 unspecified atom stereocenters. The molecule has 0 aromatic carbocycles. The van der Waals surface area contributed by atoms with Gasteiger partial charge in [-0.25, -0.2) is 4.98 Å². The van der Waals surface area contributed by atoms with E-state index < -0.39 is 5.60 Å². The molecule has 1 atom stereocenters. The molecule has 3 heterocycles. The van der Waals surface area contributed by atoms with E-state index in [1.807, 2.05) is 0 Å². The second-order valence-electron chi connectivity index (χ2n) is 7.51. The molecule has 0 saturated carbocycles. The fourth-order valence-corrected chi connectivity index (χ4v) is 4.38. The first kappa shape index (κ1) is 17.1. The van der Waals surface area contributed by atoms with Crippen molar-refractivity contribution in [3.05, 3.63) is 23.4 Å². The first-order valence-electron chi connectivity index (χ1n) is 9.11. The molecule has 1 aliphatic carbocycles. The highest BCUT2D eigenvalue weighted by Crippen LogP contribution is 2.39. The van der Waals surface area contributed by atoms with Crippen LogP contribution in [0.4, 0.5) is 5.95 Å². The minimum absolute atomic E-state index is 0.107. The largest absolute Gasteiger partial charge is 0.481 e. The lowest BCUT2D eigenvalue weighted by atomic mass is 9.74. The van der Waals surface area contributed by atoms with Gasteiger partial charge in [-0.05, 0) is 25.3 Å². The molecule has 4 rings (SSSR count). The van der Waals surface area contributed by atoms with Crippen molar-refractivity contribution in [2.75, 3.05) is 31.6 Å². The highest BCUT2D eigenvalue weighted by molar-refractivity contribution is 6.08. The van der Waals surface area contributed by atoms with Gasteiger partial charge in [0.15, 0.2) is 0 Å². The Balaban J connectivity index is 1.48. The predicted octanol–water partition coefficient (Wildman–Crippen LogP) is 1.57. The Morgan fingerprint density at radius 3 is 2.85 bits per heavy atom. The number of hydrogen-bond acceptors (Lipinski definition) is 7. The van der Waals surface area contributed by atoms with Crippen molar-refractivity contribution in [2.45, 2.75) is 38.2 Å². The number of carbonyl (C=O) groups is 1. The molecule has 1 saturated heterocycles. The van der Waals surface area contributed by atoms with Gasteiger partial charge in [-0.2, -0.15) is 4.98 Å². The number of aliphatic imine (C=N–C) groups is 1. The quantitative estimate of drug-likeness (QED) is 0.884. The van der Waals surface area contributed by atoms with E-state index in [1.165, 1.54) is 0 Å². The standard InChI is InChI=1S/C19H24N4O3/c1-19(25)10-14(24)9-13-11-21-17(16(13)19)12-4-7-23(8-5-12)18-20-6-3-15(22-18)26-2/h3,6,12,25H,4-5,7-11H2,1-2H3. The van der Waals surface area contributed by atoms with Gasteiger partial charge >= 0.3 is 0 Å². The van der Waals surface area contributed by atoms with Crippen molar-refractivity contribution in [3.63, 3.8) is 0 Å². The summed E-state index contributed by atoms with van der Waals surface area (Å²) in [6.07, 6.45) is 4.21. The zero-order chi connectivity index (χ0) is 18.3. The van der Waals surface area contributed by atoms with Gasteiger partial charge in [0.2, 0.25) is 11.8 Å². The summed E-state index contributed by atoms with van der Waals surface area (Å²) in [7, 11) is 1.60. The monoisotopic (exact) mass is 356 g/mol. The lowest BCUT2D eigenvalue weighted by Crippen LogP contribution is -2.42. The van der Waals surface area contributed by atoms with E-state index in [4.69, 9.17) is 9.73 Å². The Bertz CT molecular complexity index is 792. The maximum atomic E-state index is 11.9. The van der Waals surface area contributed by atoms with Crippen LogP contribution in [-0.4, -0.2) is 58.9 Å². The number of nitrogens with zero attached hydrogens (tertiary/aromatic N) is 4. The molecule has 0 amide bonds. The van der Waals surface area contributed by atoms with E-state index in [2.05, 4.69) is 14.9 Å². The smallest absolute Gasteiger partial charge is 0.228 e. The van der Waals surface area contributed by atoms with E-state index in [0.717, 1.165) is 42.8 Å². The Labute approximate surface area is 152 Å². The van der Waals surface area contributed by atoms with E-state index in [9.17, 15) is 9.90 Å². The molecule has 7 nitrogen and oxygen atoms in total. The Morgan fingerprint density at radius 1 is 1.35 bits per heavy atom. The molecule has 0 bridgehead atoms. The van der Waals surface area contributed by atoms with Crippen LogP contribution in [0.1, 0.15) is 32.6 Å². The van der Waals surface area contributed by atoms with Crippen molar-refractivity contribution >= 4 is 17.4 Å². The lowest BCUT2D eigenvalue weighted by molar-refractivity contribution is -0.122. The van der Waals surface area contributed by atoms with Gasteiger partial charge in [0.05, 0.1) is 19.3 Å². The van der Waals surface area contributed by atoms with Crippen molar-refractivity contribution in [1.82, 2.24) is 9.97 Å². The van der Waals surface area contributed by atoms with Gasteiger partial charge in [-0.1, -0.05) is 0 Å². The summed E-state index contributed by atoms with van der Waals surface area (Å²) in [5.74, 6) is 1.67. The zero-order valence-electron chi connectivity index (χ0n) is 15.2. The first-order chi connectivity index (χ1) is 12.5. The third-order valence-corrected chi connectivity index (χ3v) is 5.53. The summed E-state index contributed by atoms with van der Waals surface area (Å²) in [5.41, 5.74) is 1.89. The van der Waals surface area contributed by atoms with Crippen LogP contribution in [0.5, 0.6) is 5.88 Å². The molecule has 0 radical (unpaired) electrons. The van der Waals surface area contributed by atoms with Crippen LogP contribution in [0.15, 0.2) is 28.4 Å². The van der Waals surface area contributed by atoms with Gasteiger partial charge in [0.1, 0.15) is 5.78 Å². The minimum atomic E-state index is -1.08. The molecule has 1 aromatic heterocycles. The molecule has 3 aliphatic rings. The van der Waals surface area contributed by atoms with Gasteiger partial charge in [-0.15, -0.1) is 0 Å². The van der Waals surface area contributed by atoms with Crippen molar-refractivity contribution in [3.8, 4) is 5.88 Å². The molecule has 7 heteroatoms. The topological polar surface area (TPSA) is 87.9 Å². The van der Waals surface area contributed by atoms with Crippen LogP contribution >= 0.6 is 0 Å². The highest BCUT2D eigenvalue weighted by Gasteiger charge is 2.43. The fraction of sp³-hybridized carbons (Fsp3) is 0.579. The number of anilines is 1. The summed E-state index contributed by atoms with van der Waals surface area (Å²) >= 11 is 0. The van der Waals surface area contributed by atoms with Gasteiger partial charge in [0.25, 0.3) is 0 Å². The van der Waals surface area contributed by atoms with E-state index in [-0.39, 0.29) is 12.2 Å². The molecule has 138 valence electrons. The molecular formula is C19H24N4O3. The summed E-state index contributed by atoms with van der Waals surface area (Å²) < 4.78 is 5.18. The Morgan fingerprint density at radius 2 is 2.12 bits per heavy atom.